The summed E-state index contributed by atoms with van der Waals surface area (Å²) in [5, 5.41) is 5.62. The van der Waals surface area contributed by atoms with Crippen molar-refractivity contribution >= 4 is 23.5 Å². The van der Waals surface area contributed by atoms with Crippen molar-refractivity contribution in [1.29, 1.82) is 0 Å². The predicted molar refractivity (Wildman–Crippen MR) is 108 cm³/mol. The van der Waals surface area contributed by atoms with E-state index in [1.165, 1.54) is 7.11 Å². The van der Waals surface area contributed by atoms with Crippen LogP contribution in [0.1, 0.15) is 22.3 Å². The van der Waals surface area contributed by atoms with Crippen LogP contribution in [0, 0.1) is 11.8 Å². The quantitative estimate of drug-likeness (QED) is 0.669. The van der Waals surface area contributed by atoms with E-state index in [0.29, 0.717) is 25.1 Å². The van der Waals surface area contributed by atoms with E-state index in [0.717, 1.165) is 11.3 Å². The Balaban J connectivity index is 1.50. The van der Waals surface area contributed by atoms with Gasteiger partial charge in [0.1, 0.15) is 5.75 Å². The number of amides is 2. The molecular weight excluding hydrogens is 372 g/mol. The first-order chi connectivity index (χ1) is 14.0. The van der Waals surface area contributed by atoms with Gasteiger partial charge in [-0.15, -0.1) is 0 Å². The molecule has 1 aliphatic rings. The Bertz CT molecular complexity index is 912. The van der Waals surface area contributed by atoms with Gasteiger partial charge >= 0.3 is 5.97 Å². The van der Waals surface area contributed by atoms with Crippen LogP contribution in [0.5, 0.6) is 5.75 Å². The number of ether oxygens (including phenoxy) is 2. The van der Waals surface area contributed by atoms with Gasteiger partial charge in [-0.1, -0.05) is 30.3 Å². The largest absolute Gasteiger partial charge is 0.496 e. The molecular formula is C22H24N2O5. The van der Waals surface area contributed by atoms with Gasteiger partial charge in [0.15, 0.2) is 0 Å². The first-order valence-electron chi connectivity index (χ1n) is 9.43. The zero-order valence-corrected chi connectivity index (χ0v) is 16.4. The normalized spacial score (nSPS) is 17.2. The number of carbonyl (C=O) groups excluding carboxylic acids is 3. The lowest BCUT2D eigenvalue weighted by molar-refractivity contribution is -0.125. The van der Waals surface area contributed by atoms with Crippen molar-refractivity contribution in [2.75, 3.05) is 26.1 Å². The summed E-state index contributed by atoms with van der Waals surface area (Å²) in [6.07, 6.45) is 1.14. The van der Waals surface area contributed by atoms with Gasteiger partial charge in [-0.3, -0.25) is 9.59 Å². The molecule has 0 bridgehead atoms. The minimum absolute atomic E-state index is 0.138. The van der Waals surface area contributed by atoms with Gasteiger partial charge in [0.05, 0.1) is 37.3 Å². The number of benzene rings is 2. The van der Waals surface area contributed by atoms with E-state index < -0.39 is 11.9 Å². The van der Waals surface area contributed by atoms with Crippen LogP contribution < -0.4 is 15.4 Å². The Hall–Kier alpha value is -3.35. The van der Waals surface area contributed by atoms with Gasteiger partial charge in [0.2, 0.25) is 11.8 Å². The Morgan fingerprint density at radius 2 is 1.66 bits per heavy atom. The van der Waals surface area contributed by atoms with E-state index in [1.54, 1.807) is 31.4 Å². The molecule has 0 saturated heterocycles. The molecule has 0 radical (unpaired) electrons. The Kier molecular flexibility index (Phi) is 6.49. The van der Waals surface area contributed by atoms with Crippen LogP contribution >= 0.6 is 0 Å². The average Bonchev–Trinajstić information content (AvgIpc) is 3.55. The highest BCUT2D eigenvalue weighted by Crippen LogP contribution is 2.39. The number of methoxy groups -OCH3 is 2. The van der Waals surface area contributed by atoms with E-state index in [1.807, 2.05) is 24.3 Å². The number of nitrogens with one attached hydrogen (secondary N) is 2. The summed E-state index contributed by atoms with van der Waals surface area (Å²) in [6, 6.07) is 14.3. The Morgan fingerprint density at radius 1 is 0.966 bits per heavy atom. The molecule has 2 unspecified atom stereocenters. The van der Waals surface area contributed by atoms with E-state index in [4.69, 9.17) is 9.47 Å². The second-order valence-electron chi connectivity index (χ2n) is 6.83. The summed E-state index contributed by atoms with van der Waals surface area (Å²) in [6.45, 7) is 0.467. The zero-order chi connectivity index (χ0) is 20.8. The van der Waals surface area contributed by atoms with Crippen LogP contribution in [0.3, 0.4) is 0 Å². The monoisotopic (exact) mass is 396 g/mol. The van der Waals surface area contributed by atoms with Gasteiger partial charge in [-0.2, -0.15) is 0 Å². The second kappa shape index (κ2) is 9.23. The SMILES string of the molecule is COC(=O)c1ccccc1NC(=O)C1CC1C(=O)NCCc1ccccc1OC. The van der Waals surface area contributed by atoms with E-state index in [-0.39, 0.29) is 23.3 Å². The summed E-state index contributed by atoms with van der Waals surface area (Å²) < 4.78 is 10.0. The van der Waals surface area contributed by atoms with Gasteiger partial charge in [-0.25, -0.2) is 4.79 Å². The first kappa shape index (κ1) is 20.4. The summed E-state index contributed by atoms with van der Waals surface area (Å²) in [4.78, 5) is 36.6. The number of para-hydroxylation sites is 2. The van der Waals surface area contributed by atoms with E-state index >= 15 is 0 Å². The molecule has 2 atom stereocenters. The smallest absolute Gasteiger partial charge is 0.339 e. The third kappa shape index (κ3) is 4.93. The third-order valence-corrected chi connectivity index (χ3v) is 4.94. The highest BCUT2D eigenvalue weighted by atomic mass is 16.5. The molecule has 7 nitrogen and oxygen atoms in total. The van der Waals surface area contributed by atoms with Crippen molar-refractivity contribution in [2.24, 2.45) is 11.8 Å². The first-order valence-corrected chi connectivity index (χ1v) is 9.43. The summed E-state index contributed by atoms with van der Waals surface area (Å²) in [5.74, 6) is -0.894. The molecule has 29 heavy (non-hydrogen) atoms. The molecule has 1 saturated carbocycles. The number of hydrogen-bond acceptors (Lipinski definition) is 5. The van der Waals surface area contributed by atoms with Gasteiger partial charge in [0.25, 0.3) is 0 Å². The standard InChI is InChI=1S/C22H24N2O5/c1-28-19-10-6-3-7-14(19)11-12-23-20(25)16-13-17(16)21(26)24-18-9-5-4-8-15(18)22(27)29-2/h3-10,16-17H,11-13H2,1-2H3,(H,23,25)(H,24,26). The molecule has 3 rings (SSSR count). The molecule has 2 aromatic carbocycles. The van der Waals surface area contributed by atoms with E-state index in [2.05, 4.69) is 10.6 Å². The fourth-order valence-electron chi connectivity index (χ4n) is 3.24. The lowest BCUT2D eigenvalue weighted by Gasteiger charge is -2.10. The molecule has 1 aliphatic carbocycles. The van der Waals surface area contributed by atoms with Crippen LogP contribution in [0.2, 0.25) is 0 Å². The highest BCUT2D eigenvalue weighted by Gasteiger charge is 2.48. The van der Waals surface area contributed by atoms with Crippen molar-refractivity contribution in [3.63, 3.8) is 0 Å². The molecule has 152 valence electrons. The summed E-state index contributed by atoms with van der Waals surface area (Å²) >= 11 is 0. The number of esters is 1. The van der Waals surface area contributed by atoms with Crippen molar-refractivity contribution in [1.82, 2.24) is 5.32 Å². The minimum atomic E-state index is -0.526. The molecule has 0 heterocycles. The maximum atomic E-state index is 12.5. The molecule has 0 aliphatic heterocycles. The second-order valence-corrected chi connectivity index (χ2v) is 6.83. The van der Waals surface area contributed by atoms with Crippen molar-refractivity contribution in [3.8, 4) is 5.75 Å². The van der Waals surface area contributed by atoms with Crippen molar-refractivity contribution in [2.45, 2.75) is 12.8 Å². The fraction of sp³-hybridized carbons (Fsp3) is 0.318. The number of anilines is 1. The summed E-state index contributed by atoms with van der Waals surface area (Å²) in [5.41, 5.74) is 1.67. The molecule has 2 aromatic rings. The maximum Gasteiger partial charge on any atom is 0.339 e. The third-order valence-electron chi connectivity index (χ3n) is 4.94. The van der Waals surface area contributed by atoms with Crippen LogP contribution in [0.25, 0.3) is 0 Å². The molecule has 0 spiro atoms. The predicted octanol–water partition coefficient (Wildman–Crippen LogP) is 2.42. The molecule has 2 amide bonds. The van der Waals surface area contributed by atoms with Crippen molar-refractivity contribution < 1.29 is 23.9 Å². The van der Waals surface area contributed by atoms with Gasteiger partial charge < -0.3 is 20.1 Å². The maximum absolute atomic E-state index is 12.5. The van der Waals surface area contributed by atoms with Crippen LogP contribution in [0.15, 0.2) is 48.5 Å². The van der Waals surface area contributed by atoms with Crippen LogP contribution in [-0.2, 0) is 20.7 Å². The Labute approximate surface area is 169 Å². The van der Waals surface area contributed by atoms with Gasteiger partial charge in [0, 0.05) is 6.54 Å². The van der Waals surface area contributed by atoms with Crippen LogP contribution in [0.4, 0.5) is 5.69 Å². The minimum Gasteiger partial charge on any atom is -0.496 e. The molecule has 1 fully saturated rings. The Morgan fingerprint density at radius 3 is 2.41 bits per heavy atom. The summed E-state index contributed by atoms with van der Waals surface area (Å²) in [7, 11) is 2.90. The lowest BCUT2D eigenvalue weighted by Crippen LogP contribution is -2.29. The van der Waals surface area contributed by atoms with E-state index in [9.17, 15) is 14.4 Å². The number of carbonyl (C=O) groups is 3. The zero-order valence-electron chi connectivity index (χ0n) is 16.4. The molecule has 7 heteroatoms. The number of rotatable bonds is 8. The number of hydrogen-bond donors (Lipinski definition) is 2. The van der Waals surface area contributed by atoms with Gasteiger partial charge in [-0.05, 0) is 36.6 Å². The topological polar surface area (TPSA) is 93.7 Å². The molecule has 2 N–H and O–H groups in total. The average molecular weight is 396 g/mol. The van der Waals surface area contributed by atoms with Crippen molar-refractivity contribution in [3.05, 3.63) is 59.7 Å². The fourth-order valence-corrected chi connectivity index (χ4v) is 3.24. The molecule has 0 aromatic heterocycles. The highest BCUT2D eigenvalue weighted by molar-refractivity contribution is 6.04. The van der Waals surface area contributed by atoms with Crippen LogP contribution in [-0.4, -0.2) is 38.5 Å². The lowest BCUT2D eigenvalue weighted by atomic mass is 10.1.